The lowest BCUT2D eigenvalue weighted by atomic mass is 10.0. The zero-order valence-corrected chi connectivity index (χ0v) is 20.9. The van der Waals surface area contributed by atoms with Crippen LogP contribution in [0.3, 0.4) is 0 Å². The van der Waals surface area contributed by atoms with E-state index in [1.54, 1.807) is 48.5 Å². The topological polar surface area (TPSA) is 101 Å². The maximum atomic E-state index is 13.7. The summed E-state index contributed by atoms with van der Waals surface area (Å²) in [5.41, 5.74) is 1.90. The number of hydrogen-bond acceptors (Lipinski definition) is 6. The fourth-order valence-corrected chi connectivity index (χ4v) is 4.50. The molecule has 0 aliphatic carbocycles. The van der Waals surface area contributed by atoms with Crippen molar-refractivity contribution in [2.75, 3.05) is 26.1 Å². The van der Waals surface area contributed by atoms with Crippen molar-refractivity contribution in [2.45, 2.75) is 12.6 Å². The minimum absolute atomic E-state index is 0.0321. The zero-order chi connectivity index (χ0) is 25.8. The maximum absolute atomic E-state index is 13.7. The molecule has 0 aromatic heterocycles. The number of nitrogens with one attached hydrogen (secondary N) is 1. The molecule has 0 saturated heterocycles. The van der Waals surface area contributed by atoms with Crippen molar-refractivity contribution >= 4 is 40.7 Å². The van der Waals surface area contributed by atoms with E-state index in [0.717, 1.165) is 0 Å². The van der Waals surface area contributed by atoms with Gasteiger partial charge in [-0.05, 0) is 48.5 Å². The van der Waals surface area contributed by atoms with E-state index in [0.29, 0.717) is 33.9 Å². The number of fused-ring (bicyclic) bond motifs is 1. The van der Waals surface area contributed by atoms with Gasteiger partial charge >= 0.3 is 0 Å². The van der Waals surface area contributed by atoms with Crippen molar-refractivity contribution in [2.24, 2.45) is 0 Å². The number of carbonyl (C=O) groups is 2. The van der Waals surface area contributed by atoms with E-state index in [2.05, 4.69) is 5.32 Å². The molecule has 0 fully saturated rings. The highest BCUT2D eigenvalue weighted by Crippen LogP contribution is 2.41. The molecule has 0 radical (unpaired) electrons. The van der Waals surface area contributed by atoms with Crippen LogP contribution >= 0.6 is 23.2 Å². The number of halogens is 2. The van der Waals surface area contributed by atoms with Crippen molar-refractivity contribution in [3.8, 4) is 23.3 Å². The molecule has 1 heterocycles. The van der Waals surface area contributed by atoms with E-state index in [1.807, 2.05) is 6.07 Å². The van der Waals surface area contributed by atoms with Crippen molar-refractivity contribution in [1.29, 1.82) is 5.26 Å². The van der Waals surface area contributed by atoms with Crippen LogP contribution in [0.1, 0.15) is 22.7 Å². The van der Waals surface area contributed by atoms with Crippen molar-refractivity contribution < 1.29 is 23.8 Å². The summed E-state index contributed by atoms with van der Waals surface area (Å²) >= 11 is 12.7. The van der Waals surface area contributed by atoms with E-state index in [9.17, 15) is 9.59 Å². The largest absolute Gasteiger partial charge is 0.497 e. The highest BCUT2D eigenvalue weighted by atomic mass is 35.5. The first kappa shape index (κ1) is 25.2. The van der Waals surface area contributed by atoms with Crippen LogP contribution in [0.2, 0.25) is 10.0 Å². The lowest BCUT2D eigenvalue weighted by Crippen LogP contribution is -2.41. The summed E-state index contributed by atoms with van der Waals surface area (Å²) in [6.45, 7) is -0.294. The Balaban J connectivity index is 1.79. The molecule has 1 aliphatic rings. The van der Waals surface area contributed by atoms with Crippen LogP contribution in [-0.2, 0) is 16.1 Å². The molecule has 2 amide bonds. The third kappa shape index (κ3) is 5.18. The number of nitrogens with zero attached hydrogens (tertiary/aromatic N) is 2. The first-order valence-corrected chi connectivity index (χ1v) is 11.5. The molecule has 3 aromatic rings. The molecule has 1 N–H and O–H groups in total. The molecule has 3 aromatic carbocycles. The van der Waals surface area contributed by atoms with Crippen LogP contribution in [0.15, 0.2) is 54.6 Å². The van der Waals surface area contributed by atoms with Gasteiger partial charge in [0.2, 0.25) is 0 Å². The summed E-state index contributed by atoms with van der Waals surface area (Å²) in [7, 11) is 3.05. The molecular weight excluding hydrogens is 505 g/mol. The third-order valence-corrected chi connectivity index (χ3v) is 6.17. The number of nitriles is 1. The molecule has 36 heavy (non-hydrogen) atoms. The van der Waals surface area contributed by atoms with Gasteiger partial charge in [0.15, 0.2) is 6.61 Å². The number of rotatable bonds is 6. The van der Waals surface area contributed by atoms with Gasteiger partial charge in [-0.3, -0.25) is 9.59 Å². The Bertz CT molecular complexity index is 1350. The number of amides is 2. The second-order valence-electron chi connectivity index (χ2n) is 7.87. The second-order valence-corrected chi connectivity index (χ2v) is 8.72. The molecule has 1 aliphatic heterocycles. The van der Waals surface area contributed by atoms with Gasteiger partial charge in [0.25, 0.3) is 11.8 Å². The number of ether oxygens (including phenoxy) is 3. The van der Waals surface area contributed by atoms with Crippen molar-refractivity contribution in [3.05, 3.63) is 81.3 Å². The smallest absolute Gasteiger partial charge is 0.261 e. The predicted molar refractivity (Wildman–Crippen MR) is 135 cm³/mol. The average molecular weight is 526 g/mol. The summed E-state index contributed by atoms with van der Waals surface area (Å²) in [5.74, 6) is 0.337. The number of anilines is 1. The van der Waals surface area contributed by atoms with Gasteiger partial charge in [-0.2, -0.15) is 5.26 Å². The molecule has 10 heteroatoms. The van der Waals surface area contributed by atoms with E-state index < -0.39 is 17.9 Å². The summed E-state index contributed by atoms with van der Waals surface area (Å²) in [6.07, 6.45) is 0. The number of benzene rings is 3. The van der Waals surface area contributed by atoms with Crippen LogP contribution in [0.4, 0.5) is 5.69 Å². The summed E-state index contributed by atoms with van der Waals surface area (Å²) < 4.78 is 16.5. The van der Waals surface area contributed by atoms with E-state index in [-0.39, 0.29) is 28.9 Å². The SMILES string of the molecule is COc1ccc(CN2C(=O)COc3c(Cl)cc(Cl)cc3C2C(=O)Nc2ccc(C#N)cc2)c(OC)c1. The normalized spacial score (nSPS) is 14.7. The number of carbonyl (C=O) groups excluding carboxylic acids is 2. The molecule has 1 atom stereocenters. The Hall–Kier alpha value is -3.93. The van der Waals surface area contributed by atoms with Crippen LogP contribution in [0.25, 0.3) is 0 Å². The maximum Gasteiger partial charge on any atom is 0.261 e. The molecule has 0 spiro atoms. The first-order valence-electron chi connectivity index (χ1n) is 10.8. The predicted octanol–water partition coefficient (Wildman–Crippen LogP) is 4.98. The Morgan fingerprint density at radius 1 is 1.14 bits per heavy atom. The van der Waals surface area contributed by atoms with E-state index in [1.165, 1.54) is 25.2 Å². The fourth-order valence-electron chi connectivity index (χ4n) is 3.93. The van der Waals surface area contributed by atoms with Gasteiger partial charge in [0.1, 0.15) is 23.3 Å². The zero-order valence-electron chi connectivity index (χ0n) is 19.4. The second kappa shape index (κ2) is 10.8. The highest BCUT2D eigenvalue weighted by molar-refractivity contribution is 6.35. The lowest BCUT2D eigenvalue weighted by Gasteiger charge is -2.30. The molecule has 1 unspecified atom stereocenters. The van der Waals surface area contributed by atoms with E-state index in [4.69, 9.17) is 42.7 Å². The van der Waals surface area contributed by atoms with Gasteiger partial charge in [-0.15, -0.1) is 0 Å². The molecule has 0 saturated carbocycles. The highest BCUT2D eigenvalue weighted by Gasteiger charge is 2.38. The van der Waals surface area contributed by atoms with Crippen LogP contribution in [-0.4, -0.2) is 37.5 Å². The summed E-state index contributed by atoms with van der Waals surface area (Å²) in [4.78, 5) is 28.4. The standard InChI is InChI=1S/C26H21Cl2N3O5/c1-34-19-8-5-16(22(11-19)35-2)13-31-23(32)14-36-25-20(9-17(27)10-21(25)28)24(31)26(33)30-18-6-3-15(12-29)4-7-18/h3-11,24H,13-14H2,1-2H3,(H,30,33). The molecular formula is C26H21Cl2N3O5. The minimum Gasteiger partial charge on any atom is -0.497 e. The van der Waals surface area contributed by atoms with Crippen LogP contribution < -0.4 is 19.5 Å². The van der Waals surface area contributed by atoms with Gasteiger partial charge in [0.05, 0.1) is 37.4 Å². The first-order chi connectivity index (χ1) is 17.3. The van der Waals surface area contributed by atoms with Gasteiger partial charge < -0.3 is 24.4 Å². The fraction of sp³-hybridized carbons (Fsp3) is 0.192. The molecule has 184 valence electrons. The van der Waals surface area contributed by atoms with Gasteiger partial charge in [0, 0.05) is 27.9 Å². The van der Waals surface area contributed by atoms with Crippen LogP contribution in [0, 0.1) is 11.3 Å². The van der Waals surface area contributed by atoms with Crippen molar-refractivity contribution in [3.63, 3.8) is 0 Å². The summed E-state index contributed by atoms with van der Waals surface area (Å²) in [6, 6.07) is 15.5. The lowest BCUT2D eigenvalue weighted by molar-refractivity contribution is -0.140. The number of methoxy groups -OCH3 is 2. The average Bonchev–Trinajstić information content (AvgIpc) is 3.01. The minimum atomic E-state index is -1.13. The van der Waals surface area contributed by atoms with E-state index >= 15 is 0 Å². The Kier molecular flexibility index (Phi) is 7.53. The molecule has 4 rings (SSSR count). The Morgan fingerprint density at radius 2 is 1.89 bits per heavy atom. The van der Waals surface area contributed by atoms with Gasteiger partial charge in [-0.25, -0.2) is 0 Å². The Morgan fingerprint density at radius 3 is 2.56 bits per heavy atom. The summed E-state index contributed by atoms with van der Waals surface area (Å²) in [5, 5.41) is 12.3. The van der Waals surface area contributed by atoms with Gasteiger partial charge in [-0.1, -0.05) is 23.2 Å². The van der Waals surface area contributed by atoms with Crippen molar-refractivity contribution in [1.82, 2.24) is 4.90 Å². The quantitative estimate of drug-likeness (QED) is 0.486. The molecule has 8 nitrogen and oxygen atoms in total. The third-order valence-electron chi connectivity index (χ3n) is 5.67. The number of hydrogen-bond donors (Lipinski definition) is 1. The van der Waals surface area contributed by atoms with Crippen LogP contribution in [0.5, 0.6) is 17.2 Å². The monoisotopic (exact) mass is 525 g/mol. The molecule has 0 bridgehead atoms. The Labute approximate surface area is 217 Å².